The maximum atomic E-state index is 9.61. The maximum Gasteiger partial charge on any atom is 0.0541 e. The van der Waals surface area contributed by atoms with Crippen molar-refractivity contribution in [3.63, 3.8) is 0 Å². The van der Waals surface area contributed by atoms with E-state index >= 15 is 0 Å². The Morgan fingerprint density at radius 1 is 1.16 bits per heavy atom. The highest BCUT2D eigenvalue weighted by atomic mass is 16.3. The van der Waals surface area contributed by atoms with E-state index in [0.29, 0.717) is 18.0 Å². The number of nitrogens with one attached hydrogen (secondary N) is 1. The Balaban J connectivity index is 1.73. The van der Waals surface area contributed by atoms with Gasteiger partial charge in [-0.1, -0.05) is 30.7 Å². The standard InChI is InChI=1S/C17H25NO/c1-11-3-4-13-10-12(2)17(16(13)9-11)18-14-5-7-15(19)8-6-14/h3-4,9,12,14-15,17-19H,5-8,10H2,1-2H3. The molecule has 2 atom stereocenters. The third-order valence-corrected chi connectivity index (χ3v) is 4.86. The Kier molecular flexibility index (Phi) is 3.64. The molecule has 2 unspecified atom stereocenters. The van der Waals surface area contributed by atoms with Crippen LogP contribution < -0.4 is 5.32 Å². The quantitative estimate of drug-likeness (QED) is 0.855. The van der Waals surface area contributed by atoms with E-state index in [4.69, 9.17) is 0 Å². The van der Waals surface area contributed by atoms with Crippen LogP contribution in [-0.4, -0.2) is 17.3 Å². The molecule has 104 valence electrons. The summed E-state index contributed by atoms with van der Waals surface area (Å²) in [5.41, 5.74) is 4.39. The van der Waals surface area contributed by atoms with Gasteiger partial charge in [-0.05, 0) is 56.1 Å². The van der Waals surface area contributed by atoms with E-state index in [1.807, 2.05) is 0 Å². The van der Waals surface area contributed by atoms with Crippen molar-refractivity contribution in [3.05, 3.63) is 34.9 Å². The summed E-state index contributed by atoms with van der Waals surface area (Å²) >= 11 is 0. The Morgan fingerprint density at radius 3 is 2.63 bits per heavy atom. The van der Waals surface area contributed by atoms with Gasteiger partial charge in [0.15, 0.2) is 0 Å². The average molecular weight is 259 g/mol. The van der Waals surface area contributed by atoms with Crippen LogP contribution in [0.15, 0.2) is 18.2 Å². The second kappa shape index (κ2) is 5.26. The average Bonchev–Trinajstić information content (AvgIpc) is 2.69. The fourth-order valence-electron chi connectivity index (χ4n) is 3.71. The lowest BCUT2D eigenvalue weighted by atomic mass is 9.91. The molecule has 2 heteroatoms. The Bertz CT molecular complexity index is 449. The van der Waals surface area contributed by atoms with Crippen molar-refractivity contribution in [3.8, 4) is 0 Å². The van der Waals surface area contributed by atoms with Crippen molar-refractivity contribution < 1.29 is 5.11 Å². The van der Waals surface area contributed by atoms with Crippen LogP contribution in [0.4, 0.5) is 0 Å². The number of benzene rings is 1. The zero-order valence-corrected chi connectivity index (χ0v) is 12.0. The molecule has 2 N–H and O–H groups in total. The molecule has 19 heavy (non-hydrogen) atoms. The lowest BCUT2D eigenvalue weighted by molar-refractivity contribution is 0.112. The summed E-state index contributed by atoms with van der Waals surface area (Å²) in [6, 6.07) is 7.98. The van der Waals surface area contributed by atoms with Crippen molar-refractivity contribution in [1.29, 1.82) is 0 Å². The summed E-state index contributed by atoms with van der Waals surface area (Å²) in [6.45, 7) is 4.53. The molecule has 2 nitrogen and oxygen atoms in total. The van der Waals surface area contributed by atoms with Crippen molar-refractivity contribution in [2.45, 2.75) is 64.1 Å². The van der Waals surface area contributed by atoms with Gasteiger partial charge in [0.2, 0.25) is 0 Å². The highest BCUT2D eigenvalue weighted by Crippen LogP contribution is 2.37. The number of fused-ring (bicyclic) bond motifs is 1. The monoisotopic (exact) mass is 259 g/mol. The van der Waals surface area contributed by atoms with Gasteiger partial charge in [-0.3, -0.25) is 0 Å². The second-order valence-corrected chi connectivity index (χ2v) is 6.53. The topological polar surface area (TPSA) is 32.3 Å². The number of aryl methyl sites for hydroxylation is 1. The molecule has 1 fully saturated rings. The highest BCUT2D eigenvalue weighted by Gasteiger charge is 2.31. The molecule has 3 rings (SSSR count). The lowest BCUT2D eigenvalue weighted by Gasteiger charge is -2.31. The maximum absolute atomic E-state index is 9.61. The Labute approximate surface area is 116 Å². The summed E-state index contributed by atoms with van der Waals surface area (Å²) in [7, 11) is 0. The minimum Gasteiger partial charge on any atom is -0.393 e. The predicted octanol–water partition coefficient (Wildman–Crippen LogP) is 3.12. The van der Waals surface area contributed by atoms with Gasteiger partial charge in [0, 0.05) is 12.1 Å². The summed E-state index contributed by atoms with van der Waals surface area (Å²) in [5.74, 6) is 0.684. The van der Waals surface area contributed by atoms with E-state index in [2.05, 4.69) is 37.4 Å². The van der Waals surface area contributed by atoms with Crippen LogP contribution in [-0.2, 0) is 6.42 Å². The smallest absolute Gasteiger partial charge is 0.0541 e. The summed E-state index contributed by atoms with van der Waals surface area (Å²) < 4.78 is 0. The van der Waals surface area contributed by atoms with E-state index in [9.17, 15) is 5.11 Å². The third-order valence-electron chi connectivity index (χ3n) is 4.86. The van der Waals surface area contributed by atoms with Gasteiger partial charge in [0.25, 0.3) is 0 Å². The number of aliphatic hydroxyl groups is 1. The molecular formula is C17H25NO. The SMILES string of the molecule is Cc1ccc2c(c1)C(NC1CCC(O)CC1)C(C)C2. The minimum absolute atomic E-state index is 0.0615. The van der Waals surface area contributed by atoms with Crippen molar-refractivity contribution in [2.24, 2.45) is 5.92 Å². The van der Waals surface area contributed by atoms with Crippen LogP contribution in [0.2, 0.25) is 0 Å². The van der Waals surface area contributed by atoms with Crippen molar-refractivity contribution >= 4 is 0 Å². The van der Waals surface area contributed by atoms with Gasteiger partial charge in [-0.15, -0.1) is 0 Å². The minimum atomic E-state index is -0.0615. The first-order chi connectivity index (χ1) is 9.13. The molecule has 1 saturated carbocycles. The third kappa shape index (κ3) is 2.70. The zero-order valence-electron chi connectivity index (χ0n) is 12.0. The molecular weight excluding hydrogens is 234 g/mol. The normalized spacial score (nSPS) is 34.3. The van der Waals surface area contributed by atoms with Crippen LogP contribution in [0, 0.1) is 12.8 Å². The van der Waals surface area contributed by atoms with Crippen LogP contribution in [0.25, 0.3) is 0 Å². The molecule has 0 amide bonds. The van der Waals surface area contributed by atoms with Crippen LogP contribution in [0.5, 0.6) is 0 Å². The highest BCUT2D eigenvalue weighted by molar-refractivity contribution is 5.38. The number of hydrogen-bond donors (Lipinski definition) is 2. The molecule has 2 aliphatic carbocycles. The lowest BCUT2D eigenvalue weighted by Crippen LogP contribution is -2.38. The first-order valence-corrected chi connectivity index (χ1v) is 7.67. The number of rotatable bonds is 2. The molecule has 0 heterocycles. The molecule has 0 radical (unpaired) electrons. The molecule has 0 bridgehead atoms. The number of hydrogen-bond acceptors (Lipinski definition) is 2. The van der Waals surface area contributed by atoms with Gasteiger partial charge < -0.3 is 10.4 Å². The fourth-order valence-corrected chi connectivity index (χ4v) is 3.71. The van der Waals surface area contributed by atoms with Gasteiger partial charge in [0.1, 0.15) is 0 Å². The van der Waals surface area contributed by atoms with Gasteiger partial charge in [0.05, 0.1) is 6.10 Å². The molecule has 0 saturated heterocycles. The van der Waals surface area contributed by atoms with Gasteiger partial charge in [-0.25, -0.2) is 0 Å². The Hall–Kier alpha value is -0.860. The Morgan fingerprint density at radius 2 is 1.89 bits per heavy atom. The summed E-state index contributed by atoms with van der Waals surface area (Å²) in [6.07, 6.45) is 5.28. The van der Waals surface area contributed by atoms with Gasteiger partial charge >= 0.3 is 0 Å². The molecule has 0 aliphatic heterocycles. The first-order valence-electron chi connectivity index (χ1n) is 7.67. The van der Waals surface area contributed by atoms with Crippen LogP contribution >= 0.6 is 0 Å². The van der Waals surface area contributed by atoms with E-state index in [0.717, 1.165) is 25.7 Å². The molecule has 1 aromatic rings. The predicted molar refractivity (Wildman–Crippen MR) is 78.2 cm³/mol. The summed E-state index contributed by atoms with van der Waals surface area (Å²) in [4.78, 5) is 0. The van der Waals surface area contributed by atoms with Crippen molar-refractivity contribution in [2.75, 3.05) is 0 Å². The van der Waals surface area contributed by atoms with E-state index in [1.54, 1.807) is 0 Å². The van der Waals surface area contributed by atoms with Crippen LogP contribution in [0.3, 0.4) is 0 Å². The van der Waals surface area contributed by atoms with Gasteiger partial charge in [-0.2, -0.15) is 0 Å². The van der Waals surface area contributed by atoms with Crippen LogP contribution in [0.1, 0.15) is 55.3 Å². The van der Waals surface area contributed by atoms with Crippen molar-refractivity contribution in [1.82, 2.24) is 5.32 Å². The first kappa shape index (κ1) is 13.1. The number of aliphatic hydroxyl groups excluding tert-OH is 1. The summed E-state index contributed by atoms with van der Waals surface area (Å²) in [5, 5.41) is 13.5. The van der Waals surface area contributed by atoms with E-state index < -0.39 is 0 Å². The fraction of sp³-hybridized carbons (Fsp3) is 0.647. The molecule has 2 aliphatic rings. The van der Waals surface area contributed by atoms with E-state index in [1.165, 1.54) is 23.1 Å². The second-order valence-electron chi connectivity index (χ2n) is 6.53. The largest absolute Gasteiger partial charge is 0.393 e. The zero-order chi connectivity index (χ0) is 13.4. The molecule has 0 aromatic heterocycles. The molecule has 0 spiro atoms. The van der Waals surface area contributed by atoms with E-state index in [-0.39, 0.29) is 6.10 Å². The molecule has 1 aromatic carbocycles.